The average molecular weight is 367 g/mol. The van der Waals surface area contributed by atoms with Crippen LogP contribution in [0.25, 0.3) is 0 Å². The van der Waals surface area contributed by atoms with Gasteiger partial charge in [-0.15, -0.1) is 0 Å². The van der Waals surface area contributed by atoms with E-state index in [4.69, 9.17) is 4.74 Å². The van der Waals surface area contributed by atoms with Crippen LogP contribution in [0.1, 0.15) is 57.4 Å². The summed E-state index contributed by atoms with van der Waals surface area (Å²) < 4.78 is 5.65. The molecule has 1 aromatic rings. The number of para-hydroxylation sites is 1. The highest BCUT2D eigenvalue weighted by molar-refractivity contribution is 5.99. The number of ether oxygens (including phenoxy) is 1. The van der Waals surface area contributed by atoms with E-state index in [0.717, 1.165) is 29.9 Å². The van der Waals surface area contributed by atoms with E-state index in [2.05, 4.69) is 6.07 Å². The summed E-state index contributed by atoms with van der Waals surface area (Å²) in [5.41, 5.74) is 2.32. The summed E-state index contributed by atoms with van der Waals surface area (Å²) in [6.07, 6.45) is 8.35. The molecule has 1 aromatic carbocycles. The highest BCUT2D eigenvalue weighted by atomic mass is 16.5. The van der Waals surface area contributed by atoms with Crippen LogP contribution >= 0.6 is 0 Å². The first-order chi connectivity index (χ1) is 13.0. The van der Waals surface area contributed by atoms with Crippen molar-refractivity contribution in [2.75, 3.05) is 11.4 Å². The van der Waals surface area contributed by atoms with Crippen LogP contribution in [0.2, 0.25) is 0 Å². The molecule has 0 aromatic heterocycles. The Morgan fingerprint density at radius 1 is 1.11 bits per heavy atom. The van der Waals surface area contributed by atoms with Crippen molar-refractivity contribution >= 4 is 17.6 Å². The van der Waals surface area contributed by atoms with Crippen LogP contribution in [0.5, 0.6) is 0 Å². The van der Waals surface area contributed by atoms with E-state index in [-0.39, 0.29) is 17.3 Å². The molecule has 0 spiro atoms. The zero-order valence-electron chi connectivity index (χ0n) is 16.2. The minimum absolute atomic E-state index is 0.0983. The van der Waals surface area contributed by atoms with Crippen molar-refractivity contribution in [2.45, 2.75) is 64.4 Å². The lowest BCUT2D eigenvalue weighted by molar-refractivity contribution is -0.160. The molecule has 27 heavy (non-hydrogen) atoms. The van der Waals surface area contributed by atoms with Gasteiger partial charge in [-0.25, -0.2) is 0 Å². The van der Waals surface area contributed by atoms with Gasteiger partial charge in [-0.2, -0.15) is 0 Å². The van der Waals surface area contributed by atoms with Crippen LogP contribution in [-0.4, -0.2) is 24.5 Å². The maximum Gasteiger partial charge on any atom is 0.307 e. The van der Waals surface area contributed by atoms with Gasteiger partial charge in [0, 0.05) is 12.2 Å². The fraction of sp³-hybridized carbons (Fsp3) is 0.652. The Morgan fingerprint density at radius 2 is 1.74 bits per heavy atom. The number of hydrogen-bond acceptors (Lipinski definition) is 3. The smallest absolute Gasteiger partial charge is 0.307 e. The molecule has 4 saturated carbocycles. The van der Waals surface area contributed by atoms with Gasteiger partial charge in [-0.05, 0) is 86.7 Å². The molecule has 4 nitrogen and oxygen atoms in total. The van der Waals surface area contributed by atoms with Gasteiger partial charge in [-0.1, -0.05) is 18.2 Å². The molecule has 0 radical (unpaired) electrons. The number of amides is 1. The third-order valence-corrected chi connectivity index (χ3v) is 7.49. The largest absolute Gasteiger partial charge is 0.453 e. The van der Waals surface area contributed by atoms with Crippen molar-refractivity contribution in [1.82, 2.24) is 0 Å². The molecule has 0 saturated heterocycles. The van der Waals surface area contributed by atoms with Crippen LogP contribution in [-0.2, 0) is 20.7 Å². The van der Waals surface area contributed by atoms with Gasteiger partial charge in [0.15, 0.2) is 6.10 Å². The van der Waals surface area contributed by atoms with E-state index >= 15 is 0 Å². The lowest BCUT2D eigenvalue weighted by atomic mass is 9.49. The Balaban J connectivity index is 1.22. The standard InChI is InChI=1S/C23H29NO3/c1-15(22(26)24-7-6-19-4-2-3-5-20(19)24)27-21(25)14-23-11-16-8-17(12-23)10-18(9-16)13-23/h2-5,15-18H,6-14H2,1H3/t15-,16?,17?,18?,23?/m1/s1. The van der Waals surface area contributed by atoms with E-state index in [1.807, 2.05) is 18.2 Å². The Kier molecular flexibility index (Phi) is 4.06. The fourth-order valence-electron chi connectivity index (χ4n) is 6.89. The predicted molar refractivity (Wildman–Crippen MR) is 103 cm³/mol. The number of carbonyl (C=O) groups is 2. The Labute approximate surface area is 161 Å². The fourth-order valence-corrected chi connectivity index (χ4v) is 6.89. The molecule has 4 heteroatoms. The van der Waals surface area contributed by atoms with Gasteiger partial charge in [0.2, 0.25) is 0 Å². The number of esters is 1. The third-order valence-electron chi connectivity index (χ3n) is 7.49. The number of fused-ring (bicyclic) bond motifs is 1. The van der Waals surface area contributed by atoms with Gasteiger partial charge in [0.05, 0.1) is 6.42 Å². The number of nitrogens with zero attached hydrogens (tertiary/aromatic N) is 1. The highest BCUT2D eigenvalue weighted by Crippen LogP contribution is 2.61. The van der Waals surface area contributed by atoms with Gasteiger partial charge in [-0.3, -0.25) is 9.59 Å². The van der Waals surface area contributed by atoms with Gasteiger partial charge < -0.3 is 9.64 Å². The Hall–Kier alpha value is -1.84. The van der Waals surface area contributed by atoms with Crippen molar-refractivity contribution in [3.05, 3.63) is 29.8 Å². The van der Waals surface area contributed by atoms with Gasteiger partial charge in [0.25, 0.3) is 5.91 Å². The van der Waals surface area contributed by atoms with Gasteiger partial charge >= 0.3 is 5.97 Å². The molecule has 5 aliphatic rings. The summed E-state index contributed by atoms with van der Waals surface area (Å²) in [6, 6.07) is 7.99. The zero-order valence-corrected chi connectivity index (χ0v) is 16.2. The summed E-state index contributed by atoms with van der Waals surface area (Å²) in [4.78, 5) is 27.3. The summed E-state index contributed by atoms with van der Waals surface area (Å²) in [5, 5.41) is 0. The second-order valence-corrected chi connectivity index (χ2v) is 9.60. The van der Waals surface area contributed by atoms with Crippen molar-refractivity contribution in [3.8, 4) is 0 Å². The molecule has 1 amide bonds. The van der Waals surface area contributed by atoms with Crippen LogP contribution in [0.15, 0.2) is 24.3 Å². The molecule has 4 fully saturated rings. The third kappa shape index (κ3) is 3.07. The van der Waals surface area contributed by atoms with Crippen LogP contribution in [0.3, 0.4) is 0 Å². The van der Waals surface area contributed by atoms with Crippen LogP contribution in [0.4, 0.5) is 5.69 Å². The van der Waals surface area contributed by atoms with E-state index in [1.165, 1.54) is 44.1 Å². The lowest BCUT2D eigenvalue weighted by Crippen LogP contribution is -2.47. The topological polar surface area (TPSA) is 46.6 Å². The molecule has 1 atom stereocenters. The van der Waals surface area contributed by atoms with Crippen molar-refractivity contribution < 1.29 is 14.3 Å². The SMILES string of the molecule is C[C@@H](OC(=O)CC12CC3CC(CC(C3)C1)C2)C(=O)N1CCc2ccccc21. The first-order valence-corrected chi connectivity index (χ1v) is 10.6. The normalized spacial score (nSPS) is 34.4. The predicted octanol–water partition coefficient (Wildman–Crippen LogP) is 4.11. The van der Waals surface area contributed by atoms with E-state index < -0.39 is 6.10 Å². The first-order valence-electron chi connectivity index (χ1n) is 10.6. The number of anilines is 1. The van der Waals surface area contributed by atoms with Crippen LogP contribution < -0.4 is 4.90 Å². The van der Waals surface area contributed by atoms with Crippen molar-refractivity contribution in [1.29, 1.82) is 0 Å². The molecule has 1 aliphatic heterocycles. The summed E-state index contributed by atoms with van der Waals surface area (Å²) in [6.45, 7) is 2.40. The van der Waals surface area contributed by atoms with Crippen LogP contribution in [0, 0.1) is 23.2 Å². The molecular formula is C23H29NO3. The number of benzene rings is 1. The minimum Gasteiger partial charge on any atom is -0.453 e. The molecular weight excluding hydrogens is 338 g/mol. The molecule has 6 rings (SSSR count). The maximum atomic E-state index is 12.9. The number of hydrogen-bond donors (Lipinski definition) is 0. The summed E-state index contributed by atoms with van der Waals surface area (Å²) in [5.74, 6) is 2.20. The molecule has 1 heterocycles. The Bertz CT molecular complexity index is 735. The number of rotatable bonds is 4. The zero-order chi connectivity index (χ0) is 18.6. The maximum absolute atomic E-state index is 12.9. The quantitative estimate of drug-likeness (QED) is 0.752. The second-order valence-electron chi connectivity index (χ2n) is 9.60. The molecule has 0 N–H and O–H groups in total. The summed E-state index contributed by atoms with van der Waals surface area (Å²) in [7, 11) is 0. The molecule has 144 valence electrons. The van der Waals surface area contributed by atoms with Crippen molar-refractivity contribution in [3.63, 3.8) is 0 Å². The van der Waals surface area contributed by atoms with Gasteiger partial charge in [0.1, 0.15) is 0 Å². The van der Waals surface area contributed by atoms with E-state index in [1.54, 1.807) is 11.8 Å². The van der Waals surface area contributed by atoms with E-state index in [0.29, 0.717) is 13.0 Å². The lowest BCUT2D eigenvalue weighted by Gasteiger charge is -2.56. The molecule has 0 unspecified atom stereocenters. The Morgan fingerprint density at radius 3 is 2.41 bits per heavy atom. The number of carbonyl (C=O) groups excluding carboxylic acids is 2. The molecule has 4 aliphatic carbocycles. The minimum atomic E-state index is -0.711. The highest BCUT2D eigenvalue weighted by Gasteiger charge is 2.51. The van der Waals surface area contributed by atoms with E-state index in [9.17, 15) is 9.59 Å². The molecule has 4 bridgehead atoms. The monoisotopic (exact) mass is 367 g/mol. The average Bonchev–Trinajstić information content (AvgIpc) is 3.03. The first kappa shape index (κ1) is 17.3. The second kappa shape index (κ2) is 6.35. The van der Waals surface area contributed by atoms with Crippen molar-refractivity contribution in [2.24, 2.45) is 23.2 Å². The summed E-state index contributed by atoms with van der Waals surface area (Å²) >= 11 is 0.